The minimum atomic E-state index is 0.523. The normalized spacial score (nSPS) is 10.7. The van der Waals surface area contributed by atoms with Crippen LogP contribution < -0.4 is 10.1 Å². The lowest BCUT2D eigenvalue weighted by Crippen LogP contribution is -2.33. The van der Waals surface area contributed by atoms with Crippen LogP contribution in [0.15, 0.2) is 77.3 Å². The third-order valence-electron chi connectivity index (χ3n) is 4.94. The van der Waals surface area contributed by atoms with Gasteiger partial charge in [0.2, 0.25) is 0 Å². The maximum atomic E-state index is 5.78. The van der Waals surface area contributed by atoms with Crippen molar-refractivity contribution >= 4 is 38.9 Å². The lowest BCUT2D eigenvalue weighted by Gasteiger charge is -2.26. The molecule has 3 aromatic carbocycles. The van der Waals surface area contributed by atoms with E-state index in [1.54, 1.807) is 7.11 Å². The van der Waals surface area contributed by atoms with Crippen LogP contribution in [0, 0.1) is 0 Å². The van der Waals surface area contributed by atoms with Crippen molar-refractivity contribution in [2.45, 2.75) is 32.9 Å². The standard InChI is InChI=1S/C25H27BrN2OS/c1-18(2)21-8-4-19(5-9-21)16-28(17-20-6-14-24(29-3)15-7-20)25(30)27-23-12-10-22(26)11-13-23/h4-15,18H,16-17H2,1-3H3,(H,27,30). The first-order chi connectivity index (χ1) is 14.4. The Morgan fingerprint density at radius 2 is 1.43 bits per heavy atom. The molecular formula is C25H27BrN2OS. The molecule has 0 fully saturated rings. The van der Waals surface area contributed by atoms with Gasteiger partial charge in [-0.05, 0) is 71.2 Å². The van der Waals surface area contributed by atoms with Crippen molar-refractivity contribution in [3.8, 4) is 5.75 Å². The van der Waals surface area contributed by atoms with E-state index in [1.807, 2.05) is 36.4 Å². The first-order valence-corrected chi connectivity index (χ1v) is 11.2. The zero-order valence-electron chi connectivity index (χ0n) is 17.6. The van der Waals surface area contributed by atoms with Crippen molar-refractivity contribution in [1.82, 2.24) is 4.90 Å². The van der Waals surface area contributed by atoms with Crippen LogP contribution >= 0.6 is 28.1 Å². The highest BCUT2D eigenvalue weighted by Gasteiger charge is 2.13. The Hall–Kier alpha value is -2.37. The second-order valence-corrected chi connectivity index (χ2v) is 8.84. The van der Waals surface area contributed by atoms with Crippen LogP contribution in [0.25, 0.3) is 0 Å². The molecule has 0 saturated heterocycles. The SMILES string of the molecule is COc1ccc(CN(Cc2ccc(C(C)C)cc2)C(=S)Nc2ccc(Br)cc2)cc1. The summed E-state index contributed by atoms with van der Waals surface area (Å²) < 4.78 is 6.32. The summed E-state index contributed by atoms with van der Waals surface area (Å²) in [6.07, 6.45) is 0. The Balaban J connectivity index is 1.78. The third-order valence-corrected chi connectivity index (χ3v) is 5.82. The van der Waals surface area contributed by atoms with Gasteiger partial charge < -0.3 is 15.0 Å². The summed E-state index contributed by atoms with van der Waals surface area (Å²) in [5.74, 6) is 1.37. The highest BCUT2D eigenvalue weighted by molar-refractivity contribution is 9.10. The minimum absolute atomic E-state index is 0.523. The van der Waals surface area contributed by atoms with Crippen molar-refractivity contribution in [2.24, 2.45) is 0 Å². The number of benzene rings is 3. The fraction of sp³-hybridized carbons (Fsp3) is 0.240. The van der Waals surface area contributed by atoms with E-state index in [1.165, 1.54) is 16.7 Å². The number of thiocarbonyl (C=S) groups is 1. The summed E-state index contributed by atoms with van der Waals surface area (Å²) in [7, 11) is 1.68. The number of hydrogen-bond acceptors (Lipinski definition) is 2. The molecule has 0 saturated carbocycles. The Kier molecular flexibility index (Phi) is 7.88. The topological polar surface area (TPSA) is 24.5 Å². The van der Waals surface area contributed by atoms with E-state index in [0.717, 1.165) is 22.5 Å². The number of methoxy groups -OCH3 is 1. The molecule has 0 aliphatic heterocycles. The molecule has 0 radical (unpaired) electrons. The molecule has 3 nitrogen and oxygen atoms in total. The predicted octanol–water partition coefficient (Wildman–Crippen LogP) is 6.98. The van der Waals surface area contributed by atoms with E-state index < -0.39 is 0 Å². The molecular weight excluding hydrogens is 456 g/mol. The molecule has 0 aromatic heterocycles. The van der Waals surface area contributed by atoms with Crippen LogP contribution in [-0.4, -0.2) is 17.1 Å². The van der Waals surface area contributed by atoms with Gasteiger partial charge in [-0.1, -0.05) is 66.2 Å². The molecule has 30 heavy (non-hydrogen) atoms. The lowest BCUT2D eigenvalue weighted by atomic mass is 10.0. The Morgan fingerprint density at radius 3 is 1.93 bits per heavy atom. The van der Waals surface area contributed by atoms with Gasteiger partial charge in [0.25, 0.3) is 0 Å². The number of nitrogens with one attached hydrogen (secondary N) is 1. The van der Waals surface area contributed by atoms with Crippen molar-refractivity contribution in [2.75, 3.05) is 12.4 Å². The molecule has 156 valence electrons. The predicted molar refractivity (Wildman–Crippen MR) is 133 cm³/mol. The molecule has 1 N–H and O–H groups in total. The molecule has 0 heterocycles. The average molecular weight is 483 g/mol. The number of halogens is 1. The van der Waals surface area contributed by atoms with Crippen LogP contribution in [-0.2, 0) is 13.1 Å². The van der Waals surface area contributed by atoms with Crippen molar-refractivity contribution in [3.05, 3.63) is 94.0 Å². The number of hydrogen-bond donors (Lipinski definition) is 1. The van der Waals surface area contributed by atoms with E-state index >= 15 is 0 Å². The van der Waals surface area contributed by atoms with Gasteiger partial charge in [-0.15, -0.1) is 0 Å². The molecule has 3 aromatic rings. The van der Waals surface area contributed by atoms with Gasteiger partial charge >= 0.3 is 0 Å². The highest BCUT2D eigenvalue weighted by Crippen LogP contribution is 2.20. The summed E-state index contributed by atoms with van der Waals surface area (Å²) in [6.45, 7) is 5.86. The van der Waals surface area contributed by atoms with Gasteiger partial charge in [0.05, 0.1) is 7.11 Å². The van der Waals surface area contributed by atoms with Gasteiger partial charge in [-0.2, -0.15) is 0 Å². The van der Waals surface area contributed by atoms with E-state index in [2.05, 4.69) is 76.4 Å². The van der Waals surface area contributed by atoms with Gasteiger partial charge in [-0.25, -0.2) is 0 Å². The summed E-state index contributed by atoms with van der Waals surface area (Å²) in [5.41, 5.74) is 4.72. The monoisotopic (exact) mass is 482 g/mol. The molecule has 0 aliphatic carbocycles. The zero-order valence-corrected chi connectivity index (χ0v) is 20.0. The smallest absolute Gasteiger partial charge is 0.174 e. The number of ether oxygens (including phenoxy) is 1. The summed E-state index contributed by atoms with van der Waals surface area (Å²) >= 11 is 9.26. The van der Waals surface area contributed by atoms with Crippen LogP contribution in [0.4, 0.5) is 5.69 Å². The van der Waals surface area contributed by atoms with Gasteiger partial charge in [-0.3, -0.25) is 0 Å². The molecule has 0 atom stereocenters. The molecule has 5 heteroatoms. The quantitative estimate of drug-likeness (QED) is 0.367. The summed E-state index contributed by atoms with van der Waals surface area (Å²) in [4.78, 5) is 2.18. The van der Waals surface area contributed by atoms with Crippen LogP contribution in [0.1, 0.15) is 36.5 Å². The number of anilines is 1. The Morgan fingerprint density at radius 1 is 0.900 bits per heavy atom. The number of nitrogens with zero attached hydrogens (tertiary/aromatic N) is 1. The maximum Gasteiger partial charge on any atom is 0.174 e. The highest BCUT2D eigenvalue weighted by atomic mass is 79.9. The molecule has 0 unspecified atom stereocenters. The van der Waals surface area contributed by atoms with Gasteiger partial charge in [0.15, 0.2) is 5.11 Å². The molecule has 0 bridgehead atoms. The van der Waals surface area contributed by atoms with Crippen LogP contribution in [0.3, 0.4) is 0 Å². The fourth-order valence-corrected chi connectivity index (χ4v) is 3.63. The number of rotatable bonds is 7. The van der Waals surface area contributed by atoms with Gasteiger partial charge in [0, 0.05) is 23.2 Å². The Bertz CT molecular complexity index is 954. The minimum Gasteiger partial charge on any atom is -0.497 e. The molecule has 0 spiro atoms. The van der Waals surface area contributed by atoms with E-state index in [0.29, 0.717) is 17.6 Å². The van der Waals surface area contributed by atoms with E-state index in [-0.39, 0.29) is 0 Å². The van der Waals surface area contributed by atoms with Crippen LogP contribution in [0.2, 0.25) is 0 Å². The van der Waals surface area contributed by atoms with Crippen molar-refractivity contribution in [3.63, 3.8) is 0 Å². The molecule has 0 amide bonds. The van der Waals surface area contributed by atoms with E-state index in [9.17, 15) is 0 Å². The molecule has 3 rings (SSSR count). The van der Waals surface area contributed by atoms with Crippen molar-refractivity contribution < 1.29 is 4.74 Å². The Labute approximate surface area is 193 Å². The average Bonchev–Trinajstić information content (AvgIpc) is 2.75. The van der Waals surface area contributed by atoms with Gasteiger partial charge in [0.1, 0.15) is 5.75 Å². The first kappa shape index (κ1) is 22.3. The van der Waals surface area contributed by atoms with Crippen molar-refractivity contribution in [1.29, 1.82) is 0 Å². The van der Waals surface area contributed by atoms with E-state index in [4.69, 9.17) is 17.0 Å². The largest absolute Gasteiger partial charge is 0.497 e. The second kappa shape index (κ2) is 10.6. The third kappa shape index (κ3) is 6.31. The zero-order chi connectivity index (χ0) is 21.5. The fourth-order valence-electron chi connectivity index (χ4n) is 3.11. The maximum absolute atomic E-state index is 5.78. The second-order valence-electron chi connectivity index (χ2n) is 7.54. The molecule has 0 aliphatic rings. The summed E-state index contributed by atoms with van der Waals surface area (Å²) in [5, 5.41) is 4.07. The summed E-state index contributed by atoms with van der Waals surface area (Å²) in [6, 6.07) is 25.0. The lowest BCUT2D eigenvalue weighted by molar-refractivity contribution is 0.407. The van der Waals surface area contributed by atoms with Crippen LogP contribution in [0.5, 0.6) is 5.75 Å². The first-order valence-electron chi connectivity index (χ1n) is 9.98.